The Balaban J connectivity index is 1.67. The van der Waals surface area contributed by atoms with Gasteiger partial charge in [0.05, 0.1) is 12.0 Å². The number of methoxy groups -OCH3 is 1. The number of esters is 1. The molecule has 33 heavy (non-hydrogen) atoms. The summed E-state index contributed by atoms with van der Waals surface area (Å²) in [6.45, 7) is 5.18. The van der Waals surface area contributed by atoms with Gasteiger partial charge in [0.2, 0.25) is 0 Å². The molecule has 0 aliphatic carbocycles. The Morgan fingerprint density at radius 1 is 1.27 bits per heavy atom. The molecule has 2 aromatic rings. The molecule has 1 aromatic carbocycles. The molecule has 1 atom stereocenters. The molecule has 0 amide bonds. The summed E-state index contributed by atoms with van der Waals surface area (Å²) in [7, 11) is -2.79. The summed E-state index contributed by atoms with van der Waals surface area (Å²) in [5.74, 6) is -1.53. The van der Waals surface area contributed by atoms with Crippen LogP contribution in [0.25, 0.3) is 5.70 Å². The number of aliphatic imine (C=N–C) groups is 1. The van der Waals surface area contributed by atoms with Crippen LogP contribution in [0.1, 0.15) is 41.4 Å². The van der Waals surface area contributed by atoms with E-state index in [9.17, 15) is 13.2 Å². The Kier molecular flexibility index (Phi) is 6.42. The van der Waals surface area contributed by atoms with Crippen molar-refractivity contribution in [2.45, 2.75) is 43.4 Å². The van der Waals surface area contributed by atoms with Crippen LogP contribution in [-0.4, -0.2) is 56.7 Å². The molecule has 1 fully saturated rings. The molecule has 0 saturated carbocycles. The first-order chi connectivity index (χ1) is 15.7. The number of nitrogens with one attached hydrogen (secondary N) is 2. The van der Waals surface area contributed by atoms with Crippen molar-refractivity contribution in [2.75, 3.05) is 20.3 Å². The number of rotatable bonds is 6. The van der Waals surface area contributed by atoms with Crippen molar-refractivity contribution in [3.8, 4) is 0 Å². The van der Waals surface area contributed by atoms with Crippen LogP contribution in [0.5, 0.6) is 0 Å². The number of allylic oxidation sites excluding steroid dienone is 1. The van der Waals surface area contributed by atoms with Crippen LogP contribution in [0.15, 0.2) is 52.5 Å². The van der Waals surface area contributed by atoms with E-state index >= 15 is 0 Å². The van der Waals surface area contributed by atoms with Crippen LogP contribution >= 0.6 is 0 Å². The van der Waals surface area contributed by atoms with E-state index in [0.717, 1.165) is 22.4 Å². The molecule has 2 aliphatic rings. The van der Waals surface area contributed by atoms with E-state index in [1.165, 1.54) is 31.5 Å². The quantitative estimate of drug-likeness (QED) is 0.621. The number of benzene rings is 1. The van der Waals surface area contributed by atoms with Crippen LogP contribution in [0, 0.1) is 6.92 Å². The summed E-state index contributed by atoms with van der Waals surface area (Å²) in [5.41, 5.74) is 2.01. The first-order valence-electron chi connectivity index (χ1n) is 10.7. The SMILES string of the molecule is COC(=O)c1cc(C2=CC=NC(C)(NC3CCOCC3)N2)cn1S(=O)(=O)c1ccc(C)cc1. The third-order valence-corrected chi connectivity index (χ3v) is 7.42. The standard InChI is InChI=1S/C23H28N4O5S/c1-16-4-6-19(7-5-16)33(29,30)27-15-17(14-21(27)22(28)31-3)20-8-11-24-23(2,26-20)25-18-9-12-32-13-10-18/h4-8,11,14-15,18,25-26H,9-10,12-13H2,1-3H3. The van der Waals surface area contributed by atoms with E-state index in [4.69, 9.17) is 9.47 Å². The topological polar surface area (TPSA) is 111 Å². The lowest BCUT2D eigenvalue weighted by molar-refractivity contribution is 0.0592. The maximum absolute atomic E-state index is 13.3. The van der Waals surface area contributed by atoms with E-state index in [1.54, 1.807) is 24.4 Å². The lowest BCUT2D eigenvalue weighted by Crippen LogP contribution is -2.57. The van der Waals surface area contributed by atoms with Gasteiger partial charge >= 0.3 is 5.97 Å². The zero-order valence-electron chi connectivity index (χ0n) is 18.9. The van der Waals surface area contributed by atoms with Crippen LogP contribution in [0.3, 0.4) is 0 Å². The average molecular weight is 473 g/mol. The minimum atomic E-state index is -4.01. The number of ether oxygens (including phenoxy) is 2. The molecule has 10 heteroatoms. The molecule has 0 bridgehead atoms. The Morgan fingerprint density at radius 2 is 1.97 bits per heavy atom. The van der Waals surface area contributed by atoms with Crippen molar-refractivity contribution in [1.82, 2.24) is 14.6 Å². The van der Waals surface area contributed by atoms with Gasteiger partial charge in [-0.15, -0.1) is 0 Å². The summed E-state index contributed by atoms with van der Waals surface area (Å²) in [6, 6.07) is 8.21. The summed E-state index contributed by atoms with van der Waals surface area (Å²) >= 11 is 0. The number of aromatic nitrogens is 1. The van der Waals surface area contributed by atoms with Gasteiger partial charge in [-0.2, -0.15) is 0 Å². The molecule has 1 saturated heterocycles. The summed E-state index contributed by atoms with van der Waals surface area (Å²) in [4.78, 5) is 17.1. The molecule has 2 aliphatic heterocycles. The minimum absolute atomic E-state index is 0.0820. The number of carbonyl (C=O) groups excluding carboxylic acids is 1. The third kappa shape index (κ3) is 4.87. The van der Waals surface area contributed by atoms with E-state index in [2.05, 4.69) is 15.6 Å². The number of aryl methyl sites for hydroxylation is 1. The largest absolute Gasteiger partial charge is 0.464 e. The molecule has 3 heterocycles. The fourth-order valence-electron chi connectivity index (χ4n) is 3.95. The minimum Gasteiger partial charge on any atom is -0.464 e. The van der Waals surface area contributed by atoms with Crippen LogP contribution in [0.4, 0.5) is 0 Å². The molecule has 9 nitrogen and oxygen atoms in total. The van der Waals surface area contributed by atoms with Gasteiger partial charge in [0.15, 0.2) is 5.79 Å². The lowest BCUT2D eigenvalue weighted by Gasteiger charge is -2.37. The first kappa shape index (κ1) is 23.2. The molecule has 1 aromatic heterocycles. The highest BCUT2D eigenvalue weighted by Crippen LogP contribution is 2.26. The van der Waals surface area contributed by atoms with Crippen molar-refractivity contribution in [1.29, 1.82) is 0 Å². The molecule has 4 rings (SSSR count). The molecular weight excluding hydrogens is 444 g/mol. The average Bonchev–Trinajstić information content (AvgIpc) is 3.26. The molecule has 2 N–H and O–H groups in total. The highest BCUT2D eigenvalue weighted by molar-refractivity contribution is 7.90. The summed E-state index contributed by atoms with van der Waals surface area (Å²) in [6.07, 6.45) is 6.59. The second-order valence-corrected chi connectivity index (χ2v) is 10.1. The van der Waals surface area contributed by atoms with Gasteiger partial charge in [-0.25, -0.2) is 17.2 Å². The van der Waals surface area contributed by atoms with Crippen molar-refractivity contribution in [3.05, 3.63) is 59.4 Å². The molecule has 0 radical (unpaired) electrons. The van der Waals surface area contributed by atoms with E-state index in [0.29, 0.717) is 24.5 Å². The number of hydrogen-bond donors (Lipinski definition) is 2. The third-order valence-electron chi connectivity index (χ3n) is 5.73. The van der Waals surface area contributed by atoms with Gasteiger partial charge in [0, 0.05) is 42.9 Å². The van der Waals surface area contributed by atoms with E-state index < -0.39 is 21.8 Å². The maximum Gasteiger partial charge on any atom is 0.355 e. The predicted octanol–water partition coefficient (Wildman–Crippen LogP) is 2.28. The zero-order valence-corrected chi connectivity index (χ0v) is 19.7. The van der Waals surface area contributed by atoms with Crippen LogP contribution in [-0.2, 0) is 19.5 Å². The molecule has 0 spiro atoms. The van der Waals surface area contributed by atoms with Gasteiger partial charge in [-0.1, -0.05) is 17.7 Å². The van der Waals surface area contributed by atoms with Crippen molar-refractivity contribution < 1.29 is 22.7 Å². The molecule has 176 valence electrons. The fourth-order valence-corrected chi connectivity index (χ4v) is 5.29. The van der Waals surface area contributed by atoms with Gasteiger partial charge in [0.25, 0.3) is 10.0 Å². The lowest BCUT2D eigenvalue weighted by atomic mass is 10.1. The number of hydrogen-bond acceptors (Lipinski definition) is 8. The Labute approximate surface area is 193 Å². The van der Waals surface area contributed by atoms with Crippen LogP contribution < -0.4 is 10.6 Å². The zero-order chi connectivity index (χ0) is 23.6. The van der Waals surface area contributed by atoms with Gasteiger partial charge in [-0.05, 0) is 51.0 Å². The summed E-state index contributed by atoms with van der Waals surface area (Å²) < 4.78 is 37.9. The summed E-state index contributed by atoms with van der Waals surface area (Å²) in [5, 5.41) is 6.84. The van der Waals surface area contributed by atoms with Crippen molar-refractivity contribution >= 4 is 27.9 Å². The van der Waals surface area contributed by atoms with Gasteiger partial charge in [-0.3, -0.25) is 10.3 Å². The highest BCUT2D eigenvalue weighted by atomic mass is 32.2. The van der Waals surface area contributed by atoms with Gasteiger partial charge < -0.3 is 14.8 Å². The fraction of sp³-hybridized carbons (Fsp3) is 0.391. The molecule has 1 unspecified atom stereocenters. The monoisotopic (exact) mass is 472 g/mol. The van der Waals surface area contributed by atoms with Gasteiger partial charge in [0.1, 0.15) is 5.69 Å². The second kappa shape index (κ2) is 9.12. The predicted molar refractivity (Wildman–Crippen MR) is 125 cm³/mol. The smallest absolute Gasteiger partial charge is 0.355 e. The van der Waals surface area contributed by atoms with Crippen molar-refractivity contribution in [2.24, 2.45) is 4.99 Å². The molecular formula is C23H28N4O5S. The number of nitrogens with zero attached hydrogens (tertiary/aromatic N) is 2. The Bertz CT molecular complexity index is 1190. The second-order valence-electron chi connectivity index (χ2n) is 8.31. The highest BCUT2D eigenvalue weighted by Gasteiger charge is 2.31. The van der Waals surface area contributed by atoms with E-state index in [1.807, 2.05) is 13.8 Å². The van der Waals surface area contributed by atoms with E-state index in [-0.39, 0.29) is 16.6 Å². The normalized spacial score (nSPS) is 21.4. The maximum atomic E-state index is 13.3. The van der Waals surface area contributed by atoms with Crippen molar-refractivity contribution in [3.63, 3.8) is 0 Å². The number of carbonyl (C=O) groups is 1. The Hall–Kier alpha value is -2.95. The first-order valence-corrected chi connectivity index (χ1v) is 12.2. The van der Waals surface area contributed by atoms with Crippen LogP contribution in [0.2, 0.25) is 0 Å². The Morgan fingerprint density at radius 3 is 2.64 bits per heavy atom.